The molecule has 2 rings (SSSR count). The van der Waals surface area contributed by atoms with Crippen molar-refractivity contribution in [3.05, 3.63) is 21.3 Å². The van der Waals surface area contributed by atoms with E-state index >= 15 is 0 Å². The molecule has 1 aromatic rings. The van der Waals surface area contributed by atoms with Crippen LogP contribution in [0.25, 0.3) is 0 Å². The van der Waals surface area contributed by atoms with Crippen LogP contribution < -0.4 is 0 Å². The smallest absolute Gasteiger partial charge is 0.307 e. The molecule has 0 amide bonds. The fraction of sp³-hybridized carbons (Fsp3) is 0.500. The van der Waals surface area contributed by atoms with Gasteiger partial charge in [0.2, 0.25) is 0 Å². The van der Waals surface area contributed by atoms with Gasteiger partial charge < -0.3 is 5.11 Å². The molecule has 1 heterocycles. The first kappa shape index (κ1) is 12.6. The van der Waals surface area contributed by atoms with Crippen molar-refractivity contribution < 1.29 is 14.7 Å². The van der Waals surface area contributed by atoms with Crippen molar-refractivity contribution in [3.63, 3.8) is 0 Å². The summed E-state index contributed by atoms with van der Waals surface area (Å²) in [7, 11) is 0. The van der Waals surface area contributed by atoms with Crippen LogP contribution in [-0.2, 0) is 4.79 Å². The molecule has 3 atom stereocenters. The van der Waals surface area contributed by atoms with Crippen LogP contribution in [-0.4, -0.2) is 16.9 Å². The molecule has 3 nitrogen and oxygen atoms in total. The van der Waals surface area contributed by atoms with Gasteiger partial charge in [0, 0.05) is 5.92 Å². The summed E-state index contributed by atoms with van der Waals surface area (Å²) in [6.45, 7) is 1.99. The second-order valence-electron chi connectivity index (χ2n) is 4.60. The van der Waals surface area contributed by atoms with Gasteiger partial charge in [0.15, 0.2) is 5.78 Å². The van der Waals surface area contributed by atoms with Gasteiger partial charge >= 0.3 is 5.97 Å². The summed E-state index contributed by atoms with van der Waals surface area (Å²) < 4.78 is 0.561. The summed E-state index contributed by atoms with van der Waals surface area (Å²) in [6, 6.07) is 3.35. The van der Waals surface area contributed by atoms with Gasteiger partial charge in [0.1, 0.15) is 0 Å². The van der Waals surface area contributed by atoms with Crippen LogP contribution in [0.1, 0.15) is 29.4 Å². The minimum Gasteiger partial charge on any atom is -0.481 e. The predicted octanol–water partition coefficient (Wildman–Crippen LogP) is 3.33. The number of carboxylic acid groups (broad SMARTS) is 1. The van der Waals surface area contributed by atoms with Crippen molar-refractivity contribution in [1.82, 2.24) is 0 Å². The SMILES string of the molecule is CC1CC(C(=O)O)C(C(=O)c2ccc(Cl)s2)C1. The van der Waals surface area contributed by atoms with Crippen molar-refractivity contribution in [2.75, 3.05) is 0 Å². The number of rotatable bonds is 3. The number of thiophene rings is 1. The number of carbonyl (C=O) groups excluding carboxylic acids is 1. The monoisotopic (exact) mass is 272 g/mol. The minimum absolute atomic E-state index is 0.0707. The molecule has 1 aromatic heterocycles. The van der Waals surface area contributed by atoms with Crippen LogP contribution in [0.15, 0.2) is 12.1 Å². The zero-order valence-electron chi connectivity index (χ0n) is 9.35. The van der Waals surface area contributed by atoms with Crippen LogP contribution in [0.2, 0.25) is 4.34 Å². The molecule has 0 radical (unpaired) electrons. The van der Waals surface area contributed by atoms with Gasteiger partial charge in [-0.15, -0.1) is 11.3 Å². The van der Waals surface area contributed by atoms with Gasteiger partial charge in [-0.3, -0.25) is 9.59 Å². The summed E-state index contributed by atoms with van der Waals surface area (Å²) in [5, 5.41) is 9.13. The molecule has 5 heteroatoms. The highest BCUT2D eigenvalue weighted by atomic mass is 35.5. The third kappa shape index (κ3) is 2.53. The lowest BCUT2D eigenvalue weighted by molar-refractivity contribution is -0.142. The molecule has 1 aliphatic carbocycles. The Morgan fingerprint density at radius 1 is 1.35 bits per heavy atom. The van der Waals surface area contributed by atoms with E-state index in [2.05, 4.69) is 0 Å². The normalized spacial score (nSPS) is 28.2. The first-order chi connectivity index (χ1) is 7.99. The Balaban J connectivity index is 2.21. The van der Waals surface area contributed by atoms with Crippen LogP contribution in [0.4, 0.5) is 0 Å². The number of halogens is 1. The first-order valence-electron chi connectivity index (χ1n) is 5.51. The van der Waals surface area contributed by atoms with Crippen molar-refractivity contribution in [2.45, 2.75) is 19.8 Å². The van der Waals surface area contributed by atoms with Crippen molar-refractivity contribution >= 4 is 34.7 Å². The van der Waals surface area contributed by atoms with Gasteiger partial charge in [0.05, 0.1) is 15.1 Å². The fourth-order valence-corrected chi connectivity index (χ4v) is 3.53. The number of Topliss-reactive ketones (excluding diaryl/α,β-unsaturated/α-hetero) is 1. The molecule has 0 saturated heterocycles. The van der Waals surface area contributed by atoms with Gasteiger partial charge in [-0.05, 0) is 30.9 Å². The summed E-state index contributed by atoms with van der Waals surface area (Å²) >= 11 is 7.01. The van der Waals surface area contributed by atoms with Gasteiger partial charge in [0.25, 0.3) is 0 Å². The van der Waals surface area contributed by atoms with E-state index in [0.29, 0.717) is 28.0 Å². The molecule has 0 spiro atoms. The highest BCUT2D eigenvalue weighted by Gasteiger charge is 2.41. The van der Waals surface area contributed by atoms with E-state index in [0.717, 1.165) is 0 Å². The van der Waals surface area contributed by atoms with E-state index in [1.807, 2.05) is 6.92 Å². The highest BCUT2D eigenvalue weighted by molar-refractivity contribution is 7.18. The summed E-state index contributed by atoms with van der Waals surface area (Å²) in [5.41, 5.74) is 0. The fourth-order valence-electron chi connectivity index (χ4n) is 2.48. The standard InChI is InChI=1S/C12H13ClO3S/c1-6-4-7(8(5-6)12(15)16)11(14)9-2-3-10(13)17-9/h2-3,6-8H,4-5H2,1H3,(H,15,16). The van der Waals surface area contributed by atoms with Crippen molar-refractivity contribution in [2.24, 2.45) is 17.8 Å². The van der Waals surface area contributed by atoms with E-state index in [1.165, 1.54) is 11.3 Å². The van der Waals surface area contributed by atoms with Crippen LogP contribution in [0.3, 0.4) is 0 Å². The highest BCUT2D eigenvalue weighted by Crippen LogP contribution is 2.39. The summed E-state index contributed by atoms with van der Waals surface area (Å²) in [6.07, 6.45) is 1.25. The van der Waals surface area contributed by atoms with Crippen molar-refractivity contribution in [3.8, 4) is 0 Å². The lowest BCUT2D eigenvalue weighted by Crippen LogP contribution is -2.24. The quantitative estimate of drug-likeness (QED) is 0.859. The molecular formula is C12H13ClO3S. The Kier molecular flexibility index (Phi) is 3.54. The molecule has 3 unspecified atom stereocenters. The van der Waals surface area contributed by atoms with Crippen LogP contribution >= 0.6 is 22.9 Å². The average Bonchev–Trinajstić information content (AvgIpc) is 2.83. The van der Waals surface area contributed by atoms with E-state index in [4.69, 9.17) is 16.7 Å². The number of carboxylic acids is 1. The lowest BCUT2D eigenvalue weighted by Gasteiger charge is -2.12. The van der Waals surface area contributed by atoms with Gasteiger partial charge in [-0.25, -0.2) is 0 Å². The number of carbonyl (C=O) groups is 2. The predicted molar refractivity (Wildman–Crippen MR) is 66.7 cm³/mol. The van der Waals surface area contributed by atoms with Gasteiger partial charge in [-0.1, -0.05) is 18.5 Å². The second kappa shape index (κ2) is 4.78. The molecule has 0 aromatic carbocycles. The topological polar surface area (TPSA) is 54.4 Å². The molecule has 1 aliphatic rings. The number of ketones is 1. The first-order valence-corrected chi connectivity index (χ1v) is 6.71. The molecule has 17 heavy (non-hydrogen) atoms. The second-order valence-corrected chi connectivity index (χ2v) is 6.31. The van der Waals surface area contributed by atoms with E-state index < -0.39 is 17.8 Å². The molecular weight excluding hydrogens is 260 g/mol. The molecule has 0 aliphatic heterocycles. The lowest BCUT2D eigenvalue weighted by atomic mass is 9.91. The zero-order chi connectivity index (χ0) is 12.6. The van der Waals surface area contributed by atoms with Crippen LogP contribution in [0, 0.1) is 17.8 Å². The number of hydrogen-bond donors (Lipinski definition) is 1. The number of hydrogen-bond acceptors (Lipinski definition) is 3. The molecule has 0 bridgehead atoms. The largest absolute Gasteiger partial charge is 0.481 e. The molecule has 1 fully saturated rings. The average molecular weight is 273 g/mol. The third-order valence-electron chi connectivity index (χ3n) is 3.27. The Labute approximate surface area is 108 Å². The van der Waals surface area contributed by atoms with E-state index in [1.54, 1.807) is 12.1 Å². The Morgan fingerprint density at radius 3 is 2.53 bits per heavy atom. The van der Waals surface area contributed by atoms with E-state index in [9.17, 15) is 9.59 Å². The van der Waals surface area contributed by atoms with Crippen molar-refractivity contribution in [1.29, 1.82) is 0 Å². The Hall–Kier alpha value is -0.870. The maximum atomic E-state index is 12.2. The Bertz CT molecular complexity index is 454. The zero-order valence-corrected chi connectivity index (χ0v) is 10.9. The van der Waals surface area contributed by atoms with Gasteiger partial charge in [-0.2, -0.15) is 0 Å². The maximum Gasteiger partial charge on any atom is 0.307 e. The summed E-state index contributed by atoms with van der Waals surface area (Å²) in [5.74, 6) is -1.58. The molecule has 1 N–H and O–H groups in total. The molecule has 92 valence electrons. The maximum absolute atomic E-state index is 12.2. The molecule has 1 saturated carbocycles. The Morgan fingerprint density at radius 2 is 2.00 bits per heavy atom. The third-order valence-corrected chi connectivity index (χ3v) is 4.51. The number of aliphatic carboxylic acids is 1. The van der Waals surface area contributed by atoms with E-state index in [-0.39, 0.29) is 5.78 Å². The van der Waals surface area contributed by atoms with Crippen LogP contribution in [0.5, 0.6) is 0 Å². The summed E-state index contributed by atoms with van der Waals surface area (Å²) in [4.78, 5) is 23.9. The minimum atomic E-state index is -0.865.